The van der Waals surface area contributed by atoms with Crippen molar-refractivity contribution in [2.45, 2.75) is 13.8 Å². The van der Waals surface area contributed by atoms with Gasteiger partial charge in [0.2, 0.25) is 0 Å². The summed E-state index contributed by atoms with van der Waals surface area (Å²) in [6.07, 6.45) is 0. The number of halogens is 2. The van der Waals surface area contributed by atoms with E-state index in [1.807, 2.05) is 6.07 Å². The number of carbonyl (C=O) groups is 1. The summed E-state index contributed by atoms with van der Waals surface area (Å²) >= 11 is 9.32. The highest BCUT2D eigenvalue weighted by Crippen LogP contribution is 2.28. The SMILES string of the molecule is CCOC(=O)c1nc(C)n(-c2ccc(Cl)c(Br)c2)c1N. The predicted octanol–water partition coefficient (Wildman–Crippen LogP) is 3.36. The number of nitrogens with two attached hydrogens (primary N) is 1. The zero-order chi connectivity index (χ0) is 14.9. The van der Waals surface area contributed by atoms with Crippen LogP contribution in [0.2, 0.25) is 5.02 Å². The largest absolute Gasteiger partial charge is 0.461 e. The van der Waals surface area contributed by atoms with E-state index in [0.717, 1.165) is 10.2 Å². The number of benzene rings is 1. The Morgan fingerprint density at radius 1 is 1.55 bits per heavy atom. The monoisotopic (exact) mass is 357 g/mol. The van der Waals surface area contributed by atoms with Crippen LogP contribution in [0.25, 0.3) is 5.69 Å². The Kier molecular flexibility index (Phi) is 4.35. The van der Waals surface area contributed by atoms with Crippen LogP contribution in [-0.2, 0) is 4.74 Å². The van der Waals surface area contributed by atoms with Gasteiger partial charge in [-0.05, 0) is 48.0 Å². The number of hydrogen-bond acceptors (Lipinski definition) is 4. The average molecular weight is 359 g/mol. The molecule has 0 aliphatic carbocycles. The Morgan fingerprint density at radius 2 is 2.25 bits per heavy atom. The van der Waals surface area contributed by atoms with E-state index in [9.17, 15) is 4.79 Å². The maximum atomic E-state index is 11.8. The molecule has 1 heterocycles. The standard InChI is InChI=1S/C13H13BrClN3O2/c1-3-20-13(19)11-12(16)18(7(2)17-11)8-4-5-10(15)9(14)6-8/h4-6H,3,16H2,1-2H3. The van der Waals surface area contributed by atoms with Gasteiger partial charge < -0.3 is 10.5 Å². The van der Waals surface area contributed by atoms with Crippen molar-refractivity contribution in [2.24, 2.45) is 0 Å². The van der Waals surface area contributed by atoms with Gasteiger partial charge in [-0.15, -0.1) is 0 Å². The summed E-state index contributed by atoms with van der Waals surface area (Å²) in [7, 11) is 0. The molecule has 1 aromatic heterocycles. The van der Waals surface area contributed by atoms with Crippen molar-refractivity contribution in [3.63, 3.8) is 0 Å². The molecule has 20 heavy (non-hydrogen) atoms. The lowest BCUT2D eigenvalue weighted by atomic mass is 10.3. The average Bonchev–Trinajstić information content (AvgIpc) is 2.69. The topological polar surface area (TPSA) is 70.1 Å². The molecular weight excluding hydrogens is 346 g/mol. The lowest BCUT2D eigenvalue weighted by molar-refractivity contribution is 0.0521. The molecule has 0 aliphatic rings. The van der Waals surface area contributed by atoms with Crippen LogP contribution < -0.4 is 5.73 Å². The smallest absolute Gasteiger partial charge is 0.360 e. The number of imidazole rings is 1. The first-order valence-electron chi connectivity index (χ1n) is 5.93. The molecule has 0 fully saturated rings. The van der Waals surface area contributed by atoms with Gasteiger partial charge in [0.15, 0.2) is 5.69 Å². The maximum absolute atomic E-state index is 11.8. The molecule has 2 aromatic rings. The van der Waals surface area contributed by atoms with Crippen LogP contribution in [0.5, 0.6) is 0 Å². The van der Waals surface area contributed by atoms with Crippen LogP contribution >= 0.6 is 27.5 Å². The van der Waals surface area contributed by atoms with Gasteiger partial charge in [0.25, 0.3) is 0 Å². The molecule has 0 unspecified atom stereocenters. The van der Waals surface area contributed by atoms with Crippen molar-refractivity contribution < 1.29 is 9.53 Å². The van der Waals surface area contributed by atoms with Gasteiger partial charge in [0.05, 0.1) is 11.6 Å². The fraction of sp³-hybridized carbons (Fsp3) is 0.231. The molecule has 1 aromatic carbocycles. The van der Waals surface area contributed by atoms with E-state index in [0.29, 0.717) is 10.8 Å². The molecule has 0 saturated carbocycles. The van der Waals surface area contributed by atoms with Crippen LogP contribution in [0.1, 0.15) is 23.2 Å². The van der Waals surface area contributed by atoms with E-state index >= 15 is 0 Å². The molecule has 2 N–H and O–H groups in total. The molecule has 5 nitrogen and oxygen atoms in total. The number of nitrogen functional groups attached to an aromatic ring is 1. The number of carbonyl (C=O) groups excluding carboxylic acids is 1. The zero-order valence-electron chi connectivity index (χ0n) is 11.0. The molecule has 106 valence electrons. The first-order valence-corrected chi connectivity index (χ1v) is 7.10. The second-order valence-electron chi connectivity index (χ2n) is 4.05. The van der Waals surface area contributed by atoms with Gasteiger partial charge in [-0.25, -0.2) is 9.78 Å². The van der Waals surface area contributed by atoms with Gasteiger partial charge in [-0.1, -0.05) is 11.6 Å². The molecule has 0 bridgehead atoms. The maximum Gasteiger partial charge on any atom is 0.360 e. The Hall–Kier alpha value is -1.53. The Morgan fingerprint density at radius 3 is 2.85 bits per heavy atom. The van der Waals surface area contributed by atoms with E-state index in [4.69, 9.17) is 22.1 Å². The number of aromatic nitrogens is 2. The Bertz CT molecular complexity index is 670. The number of anilines is 1. The second kappa shape index (κ2) is 5.85. The normalized spacial score (nSPS) is 10.6. The minimum atomic E-state index is -0.528. The van der Waals surface area contributed by atoms with Gasteiger partial charge in [0, 0.05) is 10.2 Å². The van der Waals surface area contributed by atoms with Gasteiger partial charge >= 0.3 is 5.97 Å². The van der Waals surface area contributed by atoms with E-state index in [-0.39, 0.29) is 18.1 Å². The number of nitrogens with zero attached hydrogens (tertiary/aromatic N) is 2. The minimum Gasteiger partial charge on any atom is -0.461 e. The molecule has 0 saturated heterocycles. The van der Waals surface area contributed by atoms with Gasteiger partial charge in [-0.2, -0.15) is 0 Å². The number of esters is 1. The van der Waals surface area contributed by atoms with E-state index in [1.54, 1.807) is 30.5 Å². The van der Waals surface area contributed by atoms with Crippen LogP contribution in [0.3, 0.4) is 0 Å². The molecular formula is C13H13BrClN3O2. The lowest BCUT2D eigenvalue weighted by Crippen LogP contribution is -2.09. The van der Waals surface area contributed by atoms with Gasteiger partial charge in [-0.3, -0.25) is 4.57 Å². The Balaban J connectivity index is 2.52. The highest BCUT2D eigenvalue weighted by Gasteiger charge is 2.20. The van der Waals surface area contributed by atoms with Crippen molar-refractivity contribution in [3.8, 4) is 5.69 Å². The second-order valence-corrected chi connectivity index (χ2v) is 5.31. The molecule has 0 aliphatic heterocycles. The predicted molar refractivity (Wildman–Crippen MR) is 81.4 cm³/mol. The fourth-order valence-electron chi connectivity index (χ4n) is 1.85. The molecule has 2 rings (SSSR count). The van der Waals surface area contributed by atoms with Crippen LogP contribution in [0.4, 0.5) is 5.82 Å². The third-order valence-corrected chi connectivity index (χ3v) is 3.92. The quantitative estimate of drug-likeness (QED) is 0.854. The van der Waals surface area contributed by atoms with E-state index in [1.165, 1.54) is 0 Å². The lowest BCUT2D eigenvalue weighted by Gasteiger charge is -2.09. The molecule has 0 amide bonds. The summed E-state index contributed by atoms with van der Waals surface area (Å²) in [5.41, 5.74) is 6.89. The highest BCUT2D eigenvalue weighted by molar-refractivity contribution is 9.10. The zero-order valence-corrected chi connectivity index (χ0v) is 13.3. The number of hydrogen-bond donors (Lipinski definition) is 1. The van der Waals surface area contributed by atoms with E-state index < -0.39 is 5.97 Å². The number of rotatable bonds is 3. The Labute approximate surface area is 129 Å². The summed E-state index contributed by atoms with van der Waals surface area (Å²) in [5, 5.41) is 0.593. The summed E-state index contributed by atoms with van der Waals surface area (Å²) in [6.45, 7) is 3.77. The van der Waals surface area contributed by atoms with Crippen LogP contribution in [0.15, 0.2) is 22.7 Å². The molecule has 0 spiro atoms. The molecule has 0 radical (unpaired) electrons. The first kappa shape index (κ1) is 14.9. The first-order chi connectivity index (χ1) is 9.45. The molecule has 7 heteroatoms. The van der Waals surface area contributed by atoms with E-state index in [2.05, 4.69) is 20.9 Å². The molecule has 0 atom stereocenters. The third kappa shape index (κ3) is 2.66. The number of aryl methyl sites for hydroxylation is 1. The van der Waals surface area contributed by atoms with Crippen LogP contribution in [0, 0.1) is 6.92 Å². The van der Waals surface area contributed by atoms with Crippen molar-refractivity contribution >= 4 is 39.3 Å². The van der Waals surface area contributed by atoms with Gasteiger partial charge in [0.1, 0.15) is 11.6 Å². The van der Waals surface area contributed by atoms with Crippen molar-refractivity contribution in [2.75, 3.05) is 12.3 Å². The third-order valence-electron chi connectivity index (χ3n) is 2.71. The summed E-state index contributed by atoms with van der Waals surface area (Å²) in [5.74, 6) is 0.315. The summed E-state index contributed by atoms with van der Waals surface area (Å²) in [4.78, 5) is 15.9. The summed E-state index contributed by atoms with van der Waals surface area (Å²) in [6, 6.07) is 5.35. The summed E-state index contributed by atoms with van der Waals surface area (Å²) < 4.78 is 7.34. The van der Waals surface area contributed by atoms with Crippen molar-refractivity contribution in [3.05, 3.63) is 39.2 Å². The highest BCUT2D eigenvalue weighted by atomic mass is 79.9. The van der Waals surface area contributed by atoms with Crippen molar-refractivity contribution in [1.29, 1.82) is 0 Å². The number of ether oxygens (including phenoxy) is 1. The van der Waals surface area contributed by atoms with Crippen molar-refractivity contribution in [1.82, 2.24) is 9.55 Å². The van der Waals surface area contributed by atoms with Crippen LogP contribution in [-0.4, -0.2) is 22.1 Å². The fourth-order valence-corrected chi connectivity index (χ4v) is 2.33. The minimum absolute atomic E-state index is 0.121.